The van der Waals surface area contributed by atoms with Gasteiger partial charge in [-0.25, -0.2) is 4.98 Å². The number of aromatic hydroxyl groups is 1. The molecule has 0 spiro atoms. The van der Waals surface area contributed by atoms with Crippen LogP contribution >= 0.6 is 0 Å². The molecule has 1 atom stereocenters. The van der Waals surface area contributed by atoms with E-state index in [-0.39, 0.29) is 29.4 Å². The van der Waals surface area contributed by atoms with Crippen LogP contribution < -0.4 is 9.47 Å². The van der Waals surface area contributed by atoms with Crippen LogP contribution in [0.2, 0.25) is 0 Å². The van der Waals surface area contributed by atoms with Crippen molar-refractivity contribution < 1.29 is 29.3 Å². The number of carbonyl (C=O) groups is 2. The van der Waals surface area contributed by atoms with Crippen LogP contribution in [0.5, 0.6) is 17.2 Å². The van der Waals surface area contributed by atoms with Crippen LogP contribution in [-0.2, 0) is 16.1 Å². The molecule has 9 heteroatoms. The second-order valence-electron chi connectivity index (χ2n) is 8.81. The van der Waals surface area contributed by atoms with E-state index in [0.29, 0.717) is 36.4 Å². The van der Waals surface area contributed by atoms with E-state index < -0.39 is 17.7 Å². The van der Waals surface area contributed by atoms with Crippen LogP contribution in [0, 0.1) is 0 Å². The molecule has 1 unspecified atom stereocenters. The first-order chi connectivity index (χ1) is 17.9. The molecule has 2 heterocycles. The van der Waals surface area contributed by atoms with Gasteiger partial charge in [-0.2, -0.15) is 0 Å². The van der Waals surface area contributed by atoms with Gasteiger partial charge < -0.3 is 29.2 Å². The standard InChI is InChI=1S/C28H31N3O6/c1-3-4-15-37-21-8-5-7-20(16-21)26(33)24-25(19-9-10-22(32)23(17-19)36-2)31(28(35)27(24)34)13-6-12-30-14-11-29-18-30/h5,7-11,14,16-18,25,32-33H,3-4,6,12-13,15H2,1-2H3. The summed E-state index contributed by atoms with van der Waals surface area (Å²) in [5.74, 6) is -1.05. The molecule has 4 rings (SSSR count). The lowest BCUT2D eigenvalue weighted by atomic mass is 9.95. The van der Waals surface area contributed by atoms with Crippen LogP contribution in [0.4, 0.5) is 0 Å². The highest BCUT2D eigenvalue weighted by atomic mass is 16.5. The summed E-state index contributed by atoms with van der Waals surface area (Å²) >= 11 is 0. The van der Waals surface area contributed by atoms with Crippen LogP contribution in [0.1, 0.15) is 43.4 Å². The summed E-state index contributed by atoms with van der Waals surface area (Å²) < 4.78 is 12.9. The van der Waals surface area contributed by atoms with Gasteiger partial charge in [0.05, 0.1) is 31.7 Å². The zero-order valence-corrected chi connectivity index (χ0v) is 21.0. The molecule has 9 nitrogen and oxygen atoms in total. The number of aliphatic hydroxyl groups is 1. The quantitative estimate of drug-likeness (QED) is 0.173. The second kappa shape index (κ2) is 11.6. The number of phenolic OH excluding ortho intramolecular Hbond substituents is 1. The third-order valence-electron chi connectivity index (χ3n) is 6.31. The van der Waals surface area contributed by atoms with Gasteiger partial charge in [-0.1, -0.05) is 31.5 Å². The summed E-state index contributed by atoms with van der Waals surface area (Å²) in [7, 11) is 1.42. The number of unbranched alkanes of at least 4 members (excludes halogenated alkanes) is 1. The van der Waals surface area contributed by atoms with Gasteiger partial charge >= 0.3 is 0 Å². The molecule has 1 amide bonds. The molecular formula is C28H31N3O6. The summed E-state index contributed by atoms with van der Waals surface area (Å²) in [5, 5.41) is 21.5. The van der Waals surface area contributed by atoms with Gasteiger partial charge in [-0.15, -0.1) is 0 Å². The number of benzene rings is 2. The fourth-order valence-corrected chi connectivity index (χ4v) is 4.39. The van der Waals surface area contributed by atoms with E-state index in [0.717, 1.165) is 12.8 Å². The molecule has 37 heavy (non-hydrogen) atoms. The smallest absolute Gasteiger partial charge is 0.295 e. The van der Waals surface area contributed by atoms with Crippen molar-refractivity contribution in [2.24, 2.45) is 0 Å². The van der Waals surface area contributed by atoms with Crippen molar-refractivity contribution in [3.63, 3.8) is 0 Å². The van der Waals surface area contributed by atoms with Crippen LogP contribution in [0.15, 0.2) is 66.8 Å². The second-order valence-corrected chi connectivity index (χ2v) is 8.81. The summed E-state index contributed by atoms with van der Waals surface area (Å²) in [6, 6.07) is 10.6. The molecule has 1 aromatic heterocycles. The third kappa shape index (κ3) is 5.61. The Morgan fingerprint density at radius 1 is 1.11 bits per heavy atom. The minimum atomic E-state index is -0.859. The number of aromatic nitrogens is 2. The van der Waals surface area contributed by atoms with E-state index in [1.54, 1.807) is 48.9 Å². The number of amides is 1. The molecule has 2 aromatic carbocycles. The fourth-order valence-electron chi connectivity index (χ4n) is 4.39. The van der Waals surface area contributed by atoms with E-state index >= 15 is 0 Å². The van der Waals surface area contributed by atoms with Gasteiger partial charge in [-0.3, -0.25) is 9.59 Å². The molecule has 0 radical (unpaired) electrons. The highest BCUT2D eigenvalue weighted by Gasteiger charge is 2.46. The van der Waals surface area contributed by atoms with E-state index in [9.17, 15) is 19.8 Å². The lowest BCUT2D eigenvalue weighted by Crippen LogP contribution is -2.31. The third-order valence-corrected chi connectivity index (χ3v) is 6.31. The molecular weight excluding hydrogens is 474 g/mol. The average Bonchev–Trinajstić information content (AvgIpc) is 3.51. The Morgan fingerprint density at radius 3 is 2.68 bits per heavy atom. The number of ether oxygens (including phenoxy) is 2. The molecule has 194 valence electrons. The first-order valence-electron chi connectivity index (χ1n) is 12.3. The SMILES string of the molecule is CCCCOc1cccc(C(O)=C2C(=O)C(=O)N(CCCn3ccnc3)C2c2ccc(O)c(OC)c2)c1. The minimum Gasteiger partial charge on any atom is -0.507 e. The lowest BCUT2D eigenvalue weighted by Gasteiger charge is -2.26. The summed E-state index contributed by atoms with van der Waals surface area (Å²) in [5.41, 5.74) is 0.889. The Morgan fingerprint density at radius 2 is 1.95 bits per heavy atom. The number of hydrogen-bond acceptors (Lipinski definition) is 7. The lowest BCUT2D eigenvalue weighted by molar-refractivity contribution is -0.139. The summed E-state index contributed by atoms with van der Waals surface area (Å²) in [4.78, 5) is 32.0. The normalized spacial score (nSPS) is 16.8. The molecule has 3 aromatic rings. The number of carbonyl (C=O) groups excluding carboxylic acids is 2. The van der Waals surface area contributed by atoms with Crippen molar-refractivity contribution in [3.8, 4) is 17.2 Å². The maximum absolute atomic E-state index is 13.3. The van der Waals surface area contributed by atoms with E-state index in [2.05, 4.69) is 11.9 Å². The van der Waals surface area contributed by atoms with Gasteiger partial charge in [0.1, 0.15) is 11.5 Å². The Kier molecular flexibility index (Phi) is 8.12. The van der Waals surface area contributed by atoms with E-state index in [1.165, 1.54) is 18.1 Å². The predicted molar refractivity (Wildman–Crippen MR) is 137 cm³/mol. The van der Waals surface area contributed by atoms with Gasteiger partial charge in [-0.05, 0) is 42.7 Å². The fraction of sp³-hybridized carbons (Fsp3) is 0.321. The molecule has 1 saturated heterocycles. The van der Waals surface area contributed by atoms with Crippen molar-refractivity contribution in [2.75, 3.05) is 20.3 Å². The van der Waals surface area contributed by atoms with Crippen LogP contribution in [-0.4, -0.2) is 56.6 Å². The number of likely N-dealkylation sites (tertiary alicyclic amines) is 1. The van der Waals surface area contributed by atoms with Gasteiger partial charge in [0.15, 0.2) is 11.5 Å². The highest BCUT2D eigenvalue weighted by Crippen LogP contribution is 2.42. The molecule has 1 fully saturated rings. The van der Waals surface area contributed by atoms with Crippen molar-refractivity contribution in [1.29, 1.82) is 0 Å². The number of aryl methyl sites for hydroxylation is 1. The number of phenols is 1. The number of aliphatic hydroxyl groups excluding tert-OH is 1. The molecule has 1 aliphatic heterocycles. The van der Waals surface area contributed by atoms with Crippen molar-refractivity contribution in [2.45, 2.75) is 38.8 Å². The number of hydrogen-bond donors (Lipinski definition) is 2. The number of imidazole rings is 1. The number of rotatable bonds is 11. The van der Waals surface area contributed by atoms with Crippen molar-refractivity contribution in [3.05, 3.63) is 77.9 Å². The molecule has 2 N–H and O–H groups in total. The van der Waals surface area contributed by atoms with Crippen LogP contribution in [0.25, 0.3) is 5.76 Å². The Bertz CT molecular complexity index is 1280. The highest BCUT2D eigenvalue weighted by molar-refractivity contribution is 6.46. The predicted octanol–water partition coefficient (Wildman–Crippen LogP) is 4.29. The van der Waals surface area contributed by atoms with Crippen LogP contribution in [0.3, 0.4) is 0 Å². The topological polar surface area (TPSA) is 114 Å². The Labute approximate surface area is 215 Å². The molecule has 0 saturated carbocycles. The van der Waals surface area contributed by atoms with E-state index in [1.807, 2.05) is 10.8 Å². The van der Waals surface area contributed by atoms with Crippen molar-refractivity contribution >= 4 is 17.4 Å². The monoisotopic (exact) mass is 505 g/mol. The maximum Gasteiger partial charge on any atom is 0.295 e. The zero-order chi connectivity index (χ0) is 26.4. The van der Waals surface area contributed by atoms with Crippen molar-refractivity contribution in [1.82, 2.24) is 14.5 Å². The summed E-state index contributed by atoms with van der Waals surface area (Å²) in [6.45, 7) is 3.48. The number of nitrogens with zero attached hydrogens (tertiary/aromatic N) is 3. The average molecular weight is 506 g/mol. The molecule has 0 aliphatic carbocycles. The molecule has 0 bridgehead atoms. The molecule has 1 aliphatic rings. The first kappa shape index (κ1) is 25.8. The van der Waals surface area contributed by atoms with Gasteiger partial charge in [0.25, 0.3) is 11.7 Å². The number of methoxy groups -OCH3 is 1. The zero-order valence-electron chi connectivity index (χ0n) is 21.0. The minimum absolute atomic E-state index is 0.0221. The summed E-state index contributed by atoms with van der Waals surface area (Å²) in [6.07, 6.45) is 7.63. The first-order valence-corrected chi connectivity index (χ1v) is 12.3. The Balaban J connectivity index is 1.73. The largest absolute Gasteiger partial charge is 0.507 e. The van der Waals surface area contributed by atoms with Gasteiger partial charge in [0, 0.05) is 31.0 Å². The number of ketones is 1. The Hall–Kier alpha value is -4.27. The maximum atomic E-state index is 13.3. The van der Waals surface area contributed by atoms with E-state index in [4.69, 9.17) is 9.47 Å². The number of Topliss-reactive ketones (excluding diaryl/α,β-unsaturated/α-hetero) is 1. The van der Waals surface area contributed by atoms with Gasteiger partial charge in [0.2, 0.25) is 0 Å².